The van der Waals surface area contributed by atoms with Crippen molar-refractivity contribution in [1.29, 1.82) is 0 Å². The van der Waals surface area contributed by atoms with Crippen LogP contribution in [0.25, 0.3) is 0 Å². The fourth-order valence-corrected chi connectivity index (χ4v) is 2.86. The first-order chi connectivity index (χ1) is 10.1. The molecule has 1 heterocycles. The molecule has 5 heteroatoms. The number of aromatic hydroxyl groups is 1. The molecule has 0 bridgehead atoms. The van der Waals surface area contributed by atoms with E-state index in [1.165, 1.54) is 12.1 Å². The maximum atomic E-state index is 12.7. The van der Waals surface area contributed by atoms with Gasteiger partial charge in [-0.25, -0.2) is 0 Å². The number of benzene rings is 2. The van der Waals surface area contributed by atoms with Crippen molar-refractivity contribution in [2.45, 2.75) is 12.8 Å². The van der Waals surface area contributed by atoms with Crippen molar-refractivity contribution >= 4 is 28.9 Å². The summed E-state index contributed by atoms with van der Waals surface area (Å²) in [6.07, 6.45) is 1.70. The highest BCUT2D eigenvalue weighted by Crippen LogP contribution is 2.33. The largest absolute Gasteiger partial charge is 0.507 e. The van der Waals surface area contributed by atoms with Gasteiger partial charge in [0.15, 0.2) is 0 Å². The fourth-order valence-electron chi connectivity index (χ4n) is 2.69. The monoisotopic (exact) mass is 302 g/mol. The Balaban J connectivity index is 2.04. The van der Waals surface area contributed by atoms with Crippen LogP contribution in [0.2, 0.25) is 5.02 Å². The highest BCUT2D eigenvalue weighted by Gasteiger charge is 2.26. The maximum Gasteiger partial charge on any atom is 0.262 e. The van der Waals surface area contributed by atoms with Crippen LogP contribution in [0.1, 0.15) is 22.3 Å². The Labute approximate surface area is 127 Å². The van der Waals surface area contributed by atoms with Gasteiger partial charge in [0, 0.05) is 22.9 Å². The number of phenols is 1. The van der Waals surface area contributed by atoms with Gasteiger partial charge in [0.1, 0.15) is 5.75 Å². The van der Waals surface area contributed by atoms with Crippen LogP contribution in [0.5, 0.6) is 5.75 Å². The number of nitrogen functional groups attached to an aromatic ring is 1. The minimum atomic E-state index is -0.262. The van der Waals surface area contributed by atoms with Crippen molar-refractivity contribution in [2.75, 3.05) is 17.2 Å². The summed E-state index contributed by atoms with van der Waals surface area (Å²) in [7, 11) is 0. The normalized spacial score (nSPS) is 13.9. The summed E-state index contributed by atoms with van der Waals surface area (Å²) in [5.74, 6) is -0.332. The van der Waals surface area contributed by atoms with Gasteiger partial charge in [-0.15, -0.1) is 0 Å². The Morgan fingerprint density at radius 2 is 2.10 bits per heavy atom. The molecule has 0 saturated carbocycles. The van der Waals surface area contributed by atoms with Crippen molar-refractivity contribution in [1.82, 2.24) is 0 Å². The zero-order valence-electron chi connectivity index (χ0n) is 11.3. The second-order valence-corrected chi connectivity index (χ2v) is 5.50. The maximum absolute atomic E-state index is 12.7. The number of nitrogens with zero attached hydrogens (tertiary/aromatic N) is 1. The van der Waals surface area contributed by atoms with Gasteiger partial charge in [0.25, 0.3) is 5.91 Å². The van der Waals surface area contributed by atoms with Crippen LogP contribution >= 0.6 is 11.6 Å². The first-order valence-electron chi connectivity index (χ1n) is 6.75. The number of carbonyl (C=O) groups is 1. The lowest BCUT2D eigenvalue weighted by atomic mass is 9.99. The minimum absolute atomic E-state index is 0.0690. The Bertz CT molecular complexity index is 715. The average molecular weight is 303 g/mol. The van der Waals surface area contributed by atoms with Crippen LogP contribution in [0.4, 0.5) is 11.4 Å². The highest BCUT2D eigenvalue weighted by molar-refractivity contribution is 6.31. The quantitative estimate of drug-likeness (QED) is 0.795. The summed E-state index contributed by atoms with van der Waals surface area (Å²) >= 11 is 5.92. The zero-order valence-corrected chi connectivity index (χ0v) is 12.1. The van der Waals surface area contributed by atoms with Crippen molar-refractivity contribution < 1.29 is 9.90 Å². The van der Waals surface area contributed by atoms with Crippen LogP contribution in [-0.2, 0) is 6.42 Å². The van der Waals surface area contributed by atoms with Crippen molar-refractivity contribution in [3.8, 4) is 5.75 Å². The van der Waals surface area contributed by atoms with E-state index in [1.807, 2.05) is 18.2 Å². The van der Waals surface area contributed by atoms with Crippen molar-refractivity contribution in [3.05, 3.63) is 52.5 Å². The number of amides is 1. The molecular weight excluding hydrogens is 288 g/mol. The van der Waals surface area contributed by atoms with Gasteiger partial charge in [-0.2, -0.15) is 0 Å². The number of halogens is 1. The molecule has 0 saturated heterocycles. The zero-order chi connectivity index (χ0) is 15.0. The molecule has 1 aliphatic rings. The minimum Gasteiger partial charge on any atom is -0.507 e. The highest BCUT2D eigenvalue weighted by atomic mass is 35.5. The predicted octanol–water partition coefficient (Wildman–Crippen LogP) is 3.22. The number of nitrogens with two attached hydrogens (primary N) is 1. The molecule has 1 aliphatic heterocycles. The van der Waals surface area contributed by atoms with Crippen molar-refractivity contribution in [2.24, 2.45) is 0 Å². The van der Waals surface area contributed by atoms with Crippen LogP contribution < -0.4 is 10.6 Å². The van der Waals surface area contributed by atoms with E-state index in [1.54, 1.807) is 11.0 Å². The van der Waals surface area contributed by atoms with E-state index >= 15 is 0 Å². The molecule has 0 aliphatic carbocycles. The van der Waals surface area contributed by atoms with E-state index in [-0.39, 0.29) is 17.2 Å². The van der Waals surface area contributed by atoms with Crippen LogP contribution in [-0.4, -0.2) is 17.6 Å². The Morgan fingerprint density at radius 3 is 2.90 bits per heavy atom. The molecule has 3 N–H and O–H groups in total. The fraction of sp³-hybridized carbons (Fsp3) is 0.188. The molecule has 0 radical (unpaired) electrons. The van der Waals surface area contributed by atoms with E-state index < -0.39 is 0 Å². The van der Waals surface area contributed by atoms with E-state index in [0.717, 1.165) is 24.1 Å². The predicted molar refractivity (Wildman–Crippen MR) is 84.0 cm³/mol. The molecular formula is C16H15ClN2O2. The van der Waals surface area contributed by atoms with Gasteiger partial charge in [-0.3, -0.25) is 4.79 Å². The number of fused-ring (bicyclic) bond motifs is 1. The summed E-state index contributed by atoms with van der Waals surface area (Å²) < 4.78 is 0. The second-order valence-electron chi connectivity index (χ2n) is 5.07. The topological polar surface area (TPSA) is 66.6 Å². The lowest BCUT2D eigenvalue weighted by molar-refractivity contribution is 0.0982. The summed E-state index contributed by atoms with van der Waals surface area (Å²) in [6.45, 7) is 0.598. The van der Waals surface area contributed by atoms with Gasteiger partial charge in [-0.1, -0.05) is 17.7 Å². The third-order valence-electron chi connectivity index (χ3n) is 3.72. The number of rotatable bonds is 1. The van der Waals surface area contributed by atoms with Gasteiger partial charge >= 0.3 is 0 Å². The number of anilines is 2. The molecule has 0 aromatic heterocycles. The van der Waals surface area contributed by atoms with E-state index in [0.29, 0.717) is 17.3 Å². The van der Waals surface area contributed by atoms with E-state index in [9.17, 15) is 9.90 Å². The molecule has 0 unspecified atom stereocenters. The Hall–Kier alpha value is -2.20. The van der Waals surface area contributed by atoms with Crippen LogP contribution in [0.3, 0.4) is 0 Å². The van der Waals surface area contributed by atoms with Crippen LogP contribution in [0, 0.1) is 0 Å². The third kappa shape index (κ3) is 2.43. The Kier molecular flexibility index (Phi) is 3.47. The van der Waals surface area contributed by atoms with E-state index in [2.05, 4.69) is 0 Å². The lowest BCUT2D eigenvalue weighted by Crippen LogP contribution is -2.35. The number of hydrogen-bond acceptors (Lipinski definition) is 3. The number of carbonyl (C=O) groups excluding carboxylic acids is 1. The summed E-state index contributed by atoms with van der Waals surface area (Å²) in [5.41, 5.74) is 8.68. The molecule has 108 valence electrons. The average Bonchev–Trinajstić information content (AvgIpc) is 2.49. The smallest absolute Gasteiger partial charge is 0.262 e. The SMILES string of the molecule is Nc1cccc2c1CCCN2C(=O)c1cc(Cl)ccc1O. The molecule has 3 rings (SSSR count). The first-order valence-corrected chi connectivity index (χ1v) is 7.13. The van der Waals surface area contributed by atoms with E-state index in [4.69, 9.17) is 17.3 Å². The standard InChI is InChI=1S/C16H15ClN2O2/c17-10-6-7-15(20)12(9-10)16(21)19-8-2-3-11-13(18)4-1-5-14(11)19/h1,4-7,9,20H,2-3,8,18H2. The van der Waals surface area contributed by atoms with Crippen LogP contribution in [0.15, 0.2) is 36.4 Å². The lowest BCUT2D eigenvalue weighted by Gasteiger charge is -2.30. The summed E-state index contributed by atoms with van der Waals surface area (Å²) in [4.78, 5) is 14.4. The molecule has 4 nitrogen and oxygen atoms in total. The molecule has 0 spiro atoms. The molecule has 21 heavy (non-hydrogen) atoms. The molecule has 0 fully saturated rings. The first kappa shape index (κ1) is 13.8. The molecule has 2 aromatic rings. The third-order valence-corrected chi connectivity index (χ3v) is 3.96. The van der Waals surface area contributed by atoms with Gasteiger partial charge in [0.2, 0.25) is 0 Å². The van der Waals surface area contributed by atoms with Gasteiger partial charge < -0.3 is 15.7 Å². The number of hydrogen-bond donors (Lipinski definition) is 2. The van der Waals surface area contributed by atoms with Gasteiger partial charge in [0.05, 0.1) is 5.56 Å². The molecule has 1 amide bonds. The Morgan fingerprint density at radius 1 is 1.29 bits per heavy atom. The van der Waals surface area contributed by atoms with Crippen molar-refractivity contribution in [3.63, 3.8) is 0 Å². The molecule has 2 aromatic carbocycles. The number of phenolic OH excluding ortho intramolecular Hbond substituents is 1. The molecule has 0 atom stereocenters. The second kappa shape index (κ2) is 5.30. The van der Waals surface area contributed by atoms with Gasteiger partial charge in [-0.05, 0) is 48.7 Å². The summed E-state index contributed by atoms with van der Waals surface area (Å²) in [5, 5.41) is 10.3. The summed E-state index contributed by atoms with van der Waals surface area (Å²) in [6, 6.07) is 10.0.